The molecule has 0 bridgehead atoms. The quantitative estimate of drug-likeness (QED) is 0.746. The molecule has 1 aliphatic rings. The minimum atomic E-state index is -4.77. The maximum absolute atomic E-state index is 13.1. The second-order valence-corrected chi connectivity index (χ2v) is 6.22. The van der Waals surface area contributed by atoms with Crippen molar-refractivity contribution in [3.8, 4) is 0 Å². The largest absolute Gasteiger partial charge is 0.481 e. The molecule has 3 rings (SSSR count). The van der Waals surface area contributed by atoms with Crippen LogP contribution in [0.3, 0.4) is 0 Å². The van der Waals surface area contributed by atoms with Crippen LogP contribution in [0.4, 0.5) is 13.2 Å². The fourth-order valence-electron chi connectivity index (χ4n) is 3.09. The molecule has 2 atom stereocenters. The average Bonchev–Trinajstić information content (AvgIpc) is 3.05. The van der Waals surface area contributed by atoms with E-state index in [0.717, 1.165) is 21.7 Å². The van der Waals surface area contributed by atoms with Crippen LogP contribution >= 0.6 is 0 Å². The number of nitrogens with one attached hydrogen (secondary N) is 1. The van der Waals surface area contributed by atoms with Crippen molar-refractivity contribution in [2.75, 3.05) is 13.1 Å². The first kappa shape index (κ1) is 18.6. The molecule has 1 amide bonds. The van der Waals surface area contributed by atoms with E-state index in [2.05, 4.69) is 4.98 Å². The molecule has 0 spiro atoms. The standard InChI is InChI=1S/C15H13F3N4O5/c1-21-10-7(11(23)20-14(21)27)2-6(3-19-10)12(24)22-4-8(13(25)26)9(5-22)15(16,17)18/h2-3,8-9H,4-5H2,1H3,(H,25,26)(H,20,23,27)/t8-,9-/m1/s1. The Hall–Kier alpha value is -3.18. The molecule has 0 aromatic carbocycles. The van der Waals surface area contributed by atoms with Gasteiger partial charge in [-0.05, 0) is 6.07 Å². The van der Waals surface area contributed by atoms with E-state index in [0.29, 0.717) is 0 Å². The zero-order chi connectivity index (χ0) is 20.1. The molecule has 0 aliphatic carbocycles. The van der Waals surface area contributed by atoms with Crippen molar-refractivity contribution < 1.29 is 27.9 Å². The van der Waals surface area contributed by atoms with Gasteiger partial charge in [-0.15, -0.1) is 0 Å². The number of carboxylic acid groups (broad SMARTS) is 1. The Balaban J connectivity index is 1.98. The Morgan fingerprint density at radius 3 is 2.52 bits per heavy atom. The fourth-order valence-corrected chi connectivity index (χ4v) is 3.09. The number of rotatable bonds is 2. The lowest BCUT2D eigenvalue weighted by atomic mass is 9.96. The lowest BCUT2D eigenvalue weighted by Crippen LogP contribution is -2.34. The lowest BCUT2D eigenvalue weighted by Gasteiger charge is -2.18. The van der Waals surface area contributed by atoms with Gasteiger partial charge in [-0.2, -0.15) is 13.2 Å². The molecule has 0 saturated carbocycles. The number of aromatic nitrogens is 3. The van der Waals surface area contributed by atoms with Crippen molar-refractivity contribution in [1.29, 1.82) is 0 Å². The summed E-state index contributed by atoms with van der Waals surface area (Å²) in [5, 5.41) is 8.93. The predicted octanol–water partition coefficient (Wildman–Crippen LogP) is -0.0431. The third-order valence-electron chi connectivity index (χ3n) is 4.55. The third kappa shape index (κ3) is 3.17. The monoisotopic (exact) mass is 386 g/mol. The molecule has 2 aromatic rings. The van der Waals surface area contributed by atoms with Gasteiger partial charge < -0.3 is 10.0 Å². The Bertz CT molecular complexity index is 1060. The molecule has 144 valence electrons. The highest BCUT2D eigenvalue weighted by molar-refractivity contribution is 5.97. The summed E-state index contributed by atoms with van der Waals surface area (Å²) in [5.74, 6) is -6.48. The number of amides is 1. The molecule has 1 fully saturated rings. The lowest BCUT2D eigenvalue weighted by molar-refractivity contribution is -0.187. The van der Waals surface area contributed by atoms with Crippen LogP contribution in [0.15, 0.2) is 21.9 Å². The number of hydrogen-bond acceptors (Lipinski definition) is 5. The molecule has 9 nitrogen and oxygen atoms in total. The van der Waals surface area contributed by atoms with Gasteiger partial charge in [0, 0.05) is 26.3 Å². The van der Waals surface area contributed by atoms with Crippen LogP contribution in [0.25, 0.3) is 11.0 Å². The Kier molecular flexibility index (Phi) is 4.28. The number of carboxylic acids is 1. The molecule has 27 heavy (non-hydrogen) atoms. The number of likely N-dealkylation sites (tertiary alicyclic amines) is 1. The molecule has 0 radical (unpaired) electrons. The summed E-state index contributed by atoms with van der Waals surface area (Å²) in [6.45, 7) is -1.42. The Morgan fingerprint density at radius 2 is 1.96 bits per heavy atom. The first-order valence-corrected chi connectivity index (χ1v) is 7.68. The maximum atomic E-state index is 13.1. The number of fused-ring (bicyclic) bond motifs is 1. The fraction of sp³-hybridized carbons (Fsp3) is 0.400. The normalized spacial score (nSPS) is 20.2. The molecule has 1 aliphatic heterocycles. The number of aromatic amines is 1. The zero-order valence-corrected chi connectivity index (χ0v) is 13.8. The van der Waals surface area contributed by atoms with Crippen LogP contribution in [0.5, 0.6) is 0 Å². The zero-order valence-electron chi connectivity index (χ0n) is 13.8. The van der Waals surface area contributed by atoms with E-state index in [1.807, 2.05) is 4.98 Å². The smallest absolute Gasteiger partial charge is 0.394 e. The Labute approximate surface area is 148 Å². The summed E-state index contributed by atoms with van der Waals surface area (Å²) in [7, 11) is 1.35. The predicted molar refractivity (Wildman–Crippen MR) is 84.2 cm³/mol. The molecule has 1 saturated heterocycles. The minimum absolute atomic E-state index is 0.00157. The van der Waals surface area contributed by atoms with Gasteiger partial charge in [0.15, 0.2) is 0 Å². The molecular weight excluding hydrogens is 373 g/mol. The van der Waals surface area contributed by atoms with E-state index in [4.69, 9.17) is 5.11 Å². The van der Waals surface area contributed by atoms with Crippen molar-refractivity contribution in [1.82, 2.24) is 19.4 Å². The van der Waals surface area contributed by atoms with Crippen LogP contribution in [0, 0.1) is 11.8 Å². The summed E-state index contributed by atoms with van der Waals surface area (Å²) >= 11 is 0. The van der Waals surface area contributed by atoms with Crippen LogP contribution < -0.4 is 11.2 Å². The second kappa shape index (κ2) is 6.21. The van der Waals surface area contributed by atoms with Gasteiger partial charge in [-0.25, -0.2) is 9.78 Å². The molecular formula is C15H13F3N4O5. The van der Waals surface area contributed by atoms with Crippen LogP contribution in [-0.4, -0.2) is 55.7 Å². The van der Waals surface area contributed by atoms with Gasteiger partial charge in [0.05, 0.1) is 22.8 Å². The highest BCUT2D eigenvalue weighted by atomic mass is 19.4. The summed E-state index contributed by atoms with van der Waals surface area (Å²) in [6.07, 6.45) is -3.74. The van der Waals surface area contributed by atoms with E-state index in [-0.39, 0.29) is 16.6 Å². The van der Waals surface area contributed by atoms with Gasteiger partial charge in [-0.1, -0.05) is 0 Å². The highest BCUT2D eigenvalue weighted by Crippen LogP contribution is 2.38. The molecule has 12 heteroatoms. The molecule has 2 aromatic heterocycles. The number of alkyl halides is 3. The Morgan fingerprint density at radius 1 is 1.30 bits per heavy atom. The number of carbonyl (C=O) groups is 2. The van der Waals surface area contributed by atoms with E-state index in [9.17, 15) is 32.3 Å². The van der Waals surface area contributed by atoms with Crippen LogP contribution in [0.1, 0.15) is 10.4 Å². The molecule has 0 unspecified atom stereocenters. The van der Waals surface area contributed by atoms with Gasteiger partial charge >= 0.3 is 17.8 Å². The van der Waals surface area contributed by atoms with Gasteiger partial charge in [0.25, 0.3) is 11.5 Å². The average molecular weight is 386 g/mol. The number of nitrogens with zero attached hydrogens (tertiary/aromatic N) is 3. The molecule has 3 heterocycles. The van der Waals surface area contributed by atoms with Crippen molar-refractivity contribution in [3.05, 3.63) is 38.7 Å². The number of pyridine rings is 1. The van der Waals surface area contributed by atoms with E-state index in [1.165, 1.54) is 7.05 Å². The van der Waals surface area contributed by atoms with Gasteiger partial charge in [-0.3, -0.25) is 23.9 Å². The number of H-pyrrole nitrogens is 1. The summed E-state index contributed by atoms with van der Waals surface area (Å²) in [4.78, 5) is 53.8. The van der Waals surface area contributed by atoms with Crippen LogP contribution in [0.2, 0.25) is 0 Å². The highest BCUT2D eigenvalue weighted by Gasteiger charge is 2.53. The van der Waals surface area contributed by atoms with Gasteiger partial charge in [0.2, 0.25) is 0 Å². The SMILES string of the molecule is Cn1c(=O)[nH]c(=O)c2cc(C(=O)N3C[C@@H](C(F)(F)F)[C@H](C(=O)O)C3)cnc21. The summed E-state index contributed by atoms with van der Waals surface area (Å²) < 4.78 is 40.2. The number of halogens is 3. The number of hydrogen-bond donors (Lipinski definition) is 2. The van der Waals surface area contributed by atoms with E-state index >= 15 is 0 Å². The second-order valence-electron chi connectivity index (χ2n) is 6.22. The number of carbonyl (C=O) groups excluding carboxylic acids is 1. The minimum Gasteiger partial charge on any atom is -0.481 e. The van der Waals surface area contributed by atoms with Crippen LogP contribution in [-0.2, 0) is 11.8 Å². The van der Waals surface area contributed by atoms with Crippen molar-refractivity contribution in [2.45, 2.75) is 6.18 Å². The van der Waals surface area contributed by atoms with Crippen molar-refractivity contribution >= 4 is 22.9 Å². The number of aryl methyl sites for hydroxylation is 1. The number of aliphatic carboxylic acids is 1. The van der Waals surface area contributed by atoms with Crippen molar-refractivity contribution in [3.63, 3.8) is 0 Å². The van der Waals surface area contributed by atoms with E-state index in [1.54, 1.807) is 0 Å². The first-order valence-electron chi connectivity index (χ1n) is 7.68. The molecule has 2 N–H and O–H groups in total. The maximum Gasteiger partial charge on any atom is 0.394 e. The summed E-state index contributed by atoms with van der Waals surface area (Å²) in [5.41, 5.74) is -1.69. The summed E-state index contributed by atoms with van der Waals surface area (Å²) in [6, 6.07) is 1.11. The topological polar surface area (TPSA) is 125 Å². The van der Waals surface area contributed by atoms with E-state index < -0.39 is 54.2 Å². The van der Waals surface area contributed by atoms with Crippen molar-refractivity contribution in [2.24, 2.45) is 18.9 Å². The first-order chi connectivity index (χ1) is 12.5. The van der Waals surface area contributed by atoms with Gasteiger partial charge in [0.1, 0.15) is 5.65 Å². The third-order valence-corrected chi connectivity index (χ3v) is 4.55.